The van der Waals surface area contributed by atoms with E-state index in [0.29, 0.717) is 27.3 Å². The van der Waals surface area contributed by atoms with Crippen LogP contribution in [-0.4, -0.2) is 48.8 Å². The Balaban J connectivity index is 1.75. The first-order valence-corrected chi connectivity index (χ1v) is 9.00. The maximum atomic E-state index is 12.0. The van der Waals surface area contributed by atoms with Gasteiger partial charge in [-0.3, -0.25) is 14.4 Å². The van der Waals surface area contributed by atoms with Crippen LogP contribution in [0.4, 0.5) is 10.8 Å². The van der Waals surface area contributed by atoms with Crippen LogP contribution in [0.2, 0.25) is 0 Å². The van der Waals surface area contributed by atoms with Crippen molar-refractivity contribution in [3.8, 4) is 11.5 Å². The van der Waals surface area contributed by atoms with Gasteiger partial charge < -0.3 is 24.8 Å². The molecule has 0 aliphatic heterocycles. The molecule has 1 aromatic heterocycles. The Morgan fingerprint density at radius 1 is 1.04 bits per heavy atom. The minimum atomic E-state index is -0.670. The fraction of sp³-hybridized carbons (Fsp3) is 0.353. The Morgan fingerprint density at radius 2 is 1.82 bits per heavy atom. The largest absolute Gasteiger partial charge is 0.497 e. The summed E-state index contributed by atoms with van der Waals surface area (Å²) in [6.45, 7) is 1.27. The second-order valence-corrected chi connectivity index (χ2v) is 6.63. The molecule has 28 heavy (non-hydrogen) atoms. The fourth-order valence-electron chi connectivity index (χ4n) is 2.06. The quantitative estimate of drug-likeness (QED) is 0.601. The maximum Gasteiger partial charge on any atom is 0.306 e. The van der Waals surface area contributed by atoms with E-state index in [4.69, 9.17) is 14.2 Å². The monoisotopic (exact) mass is 408 g/mol. The number of aryl methyl sites for hydroxylation is 1. The summed E-state index contributed by atoms with van der Waals surface area (Å²) in [5.74, 6) is -0.641. The number of aromatic nitrogens is 2. The standard InChI is InChI=1S/C17H20N4O6S/c1-10-20-21-17(28-10)19-14(22)6-7-16(24)27-9-15(23)18-12-8-11(25-2)4-5-13(12)26-3/h4-5,8H,6-7,9H2,1-3H3,(H,18,23)(H,19,21,22). The molecule has 0 radical (unpaired) electrons. The highest BCUT2D eigenvalue weighted by atomic mass is 32.1. The normalized spacial score (nSPS) is 10.1. The van der Waals surface area contributed by atoms with E-state index in [-0.39, 0.29) is 12.8 Å². The topological polar surface area (TPSA) is 129 Å². The first-order valence-electron chi connectivity index (χ1n) is 8.18. The summed E-state index contributed by atoms with van der Waals surface area (Å²) in [5, 5.41) is 13.7. The Hall–Kier alpha value is -3.21. The first-order chi connectivity index (χ1) is 13.4. The number of carbonyl (C=O) groups excluding carboxylic acids is 3. The molecular weight excluding hydrogens is 388 g/mol. The van der Waals surface area contributed by atoms with Crippen LogP contribution in [-0.2, 0) is 19.1 Å². The molecule has 2 rings (SSSR count). The van der Waals surface area contributed by atoms with Crippen LogP contribution in [0, 0.1) is 6.92 Å². The van der Waals surface area contributed by atoms with Gasteiger partial charge in [0, 0.05) is 12.5 Å². The van der Waals surface area contributed by atoms with Gasteiger partial charge in [-0.25, -0.2) is 0 Å². The third-order valence-corrected chi connectivity index (χ3v) is 4.13. The highest BCUT2D eigenvalue weighted by Gasteiger charge is 2.14. The molecule has 1 heterocycles. The summed E-state index contributed by atoms with van der Waals surface area (Å²) in [4.78, 5) is 35.5. The van der Waals surface area contributed by atoms with Crippen LogP contribution in [0.1, 0.15) is 17.8 Å². The molecule has 0 aliphatic carbocycles. The van der Waals surface area contributed by atoms with Gasteiger partial charge in [-0.1, -0.05) is 11.3 Å². The van der Waals surface area contributed by atoms with Crippen molar-refractivity contribution in [2.45, 2.75) is 19.8 Å². The third-order valence-electron chi connectivity index (χ3n) is 3.37. The maximum absolute atomic E-state index is 12.0. The van der Waals surface area contributed by atoms with Gasteiger partial charge in [0.05, 0.1) is 26.3 Å². The van der Waals surface area contributed by atoms with Crippen LogP contribution < -0.4 is 20.1 Å². The smallest absolute Gasteiger partial charge is 0.306 e. The van der Waals surface area contributed by atoms with Crippen molar-refractivity contribution in [3.63, 3.8) is 0 Å². The summed E-state index contributed by atoms with van der Waals surface area (Å²) in [6.07, 6.45) is -0.262. The van der Waals surface area contributed by atoms with E-state index in [1.165, 1.54) is 25.6 Å². The highest BCUT2D eigenvalue weighted by molar-refractivity contribution is 7.15. The third kappa shape index (κ3) is 6.50. The van der Waals surface area contributed by atoms with Crippen LogP contribution in [0.15, 0.2) is 18.2 Å². The van der Waals surface area contributed by atoms with Crippen molar-refractivity contribution in [1.82, 2.24) is 10.2 Å². The molecule has 0 saturated heterocycles. The van der Waals surface area contributed by atoms with Gasteiger partial charge in [0.25, 0.3) is 5.91 Å². The van der Waals surface area contributed by atoms with E-state index in [1.54, 1.807) is 25.1 Å². The molecule has 0 saturated carbocycles. The zero-order valence-corrected chi connectivity index (χ0v) is 16.4. The van der Waals surface area contributed by atoms with Crippen molar-refractivity contribution in [3.05, 3.63) is 23.2 Å². The average Bonchev–Trinajstić information content (AvgIpc) is 3.09. The van der Waals surface area contributed by atoms with Crippen molar-refractivity contribution in [1.29, 1.82) is 0 Å². The number of nitrogens with zero attached hydrogens (tertiary/aromatic N) is 2. The van der Waals surface area contributed by atoms with Gasteiger partial charge in [0.15, 0.2) is 6.61 Å². The summed E-state index contributed by atoms with van der Waals surface area (Å²) in [7, 11) is 2.96. The van der Waals surface area contributed by atoms with Crippen molar-refractivity contribution >= 4 is 39.9 Å². The van der Waals surface area contributed by atoms with Gasteiger partial charge in [-0.05, 0) is 19.1 Å². The molecule has 0 bridgehead atoms. The lowest BCUT2D eigenvalue weighted by Crippen LogP contribution is -2.22. The molecule has 11 heteroatoms. The van der Waals surface area contributed by atoms with Gasteiger partial charge in [0.1, 0.15) is 16.5 Å². The molecule has 0 atom stereocenters. The van der Waals surface area contributed by atoms with Crippen LogP contribution >= 0.6 is 11.3 Å². The number of benzene rings is 1. The number of ether oxygens (including phenoxy) is 3. The second-order valence-electron chi connectivity index (χ2n) is 5.45. The molecule has 0 fully saturated rings. The second kappa shape index (κ2) is 10.2. The molecule has 0 aliphatic rings. The minimum absolute atomic E-state index is 0.0945. The van der Waals surface area contributed by atoms with E-state index in [2.05, 4.69) is 20.8 Å². The van der Waals surface area contributed by atoms with Crippen LogP contribution in [0.3, 0.4) is 0 Å². The fourth-order valence-corrected chi connectivity index (χ4v) is 2.67. The lowest BCUT2D eigenvalue weighted by atomic mass is 10.2. The van der Waals surface area contributed by atoms with Crippen molar-refractivity contribution in [2.24, 2.45) is 0 Å². The Labute approximate surface area is 165 Å². The minimum Gasteiger partial charge on any atom is -0.497 e. The predicted molar refractivity (Wildman–Crippen MR) is 102 cm³/mol. The molecule has 0 unspecified atom stereocenters. The number of hydrogen-bond donors (Lipinski definition) is 2. The average molecular weight is 408 g/mol. The molecule has 2 N–H and O–H groups in total. The van der Waals surface area contributed by atoms with Gasteiger partial charge in [-0.2, -0.15) is 0 Å². The van der Waals surface area contributed by atoms with E-state index >= 15 is 0 Å². The van der Waals surface area contributed by atoms with Gasteiger partial charge >= 0.3 is 5.97 Å². The molecule has 2 amide bonds. The summed E-state index contributed by atoms with van der Waals surface area (Å²) in [5.41, 5.74) is 0.384. The molecule has 0 spiro atoms. The SMILES string of the molecule is COc1ccc(OC)c(NC(=O)COC(=O)CCC(=O)Nc2nnc(C)s2)c1. The number of nitrogens with one attached hydrogen (secondary N) is 2. The molecule has 10 nitrogen and oxygen atoms in total. The summed E-state index contributed by atoms with van der Waals surface area (Å²) < 4.78 is 15.1. The summed E-state index contributed by atoms with van der Waals surface area (Å²) in [6, 6.07) is 4.90. The number of rotatable bonds is 9. The lowest BCUT2D eigenvalue weighted by Gasteiger charge is -2.12. The van der Waals surface area contributed by atoms with Crippen molar-refractivity contribution in [2.75, 3.05) is 31.5 Å². The van der Waals surface area contributed by atoms with E-state index in [9.17, 15) is 14.4 Å². The van der Waals surface area contributed by atoms with Crippen LogP contribution in [0.5, 0.6) is 11.5 Å². The van der Waals surface area contributed by atoms with E-state index in [0.717, 1.165) is 0 Å². The zero-order chi connectivity index (χ0) is 20.5. The van der Waals surface area contributed by atoms with Gasteiger partial charge in [0.2, 0.25) is 11.0 Å². The molecule has 150 valence electrons. The first kappa shape index (κ1) is 21.1. The number of methoxy groups -OCH3 is 2. The van der Waals surface area contributed by atoms with E-state index in [1.807, 2.05) is 0 Å². The Morgan fingerprint density at radius 3 is 2.46 bits per heavy atom. The molecule has 1 aromatic carbocycles. The number of carbonyl (C=O) groups is 3. The van der Waals surface area contributed by atoms with Crippen molar-refractivity contribution < 1.29 is 28.6 Å². The number of amides is 2. The Kier molecular flexibility index (Phi) is 7.69. The van der Waals surface area contributed by atoms with E-state index < -0.39 is 24.4 Å². The van der Waals surface area contributed by atoms with Gasteiger partial charge in [-0.15, -0.1) is 10.2 Å². The lowest BCUT2D eigenvalue weighted by molar-refractivity contribution is -0.147. The predicted octanol–water partition coefficient (Wildman–Crippen LogP) is 1.76. The molecular formula is C17H20N4O6S. The zero-order valence-electron chi connectivity index (χ0n) is 15.6. The summed E-state index contributed by atoms with van der Waals surface area (Å²) >= 11 is 1.23. The van der Waals surface area contributed by atoms with Crippen LogP contribution in [0.25, 0.3) is 0 Å². The highest BCUT2D eigenvalue weighted by Crippen LogP contribution is 2.28. The number of esters is 1. The number of anilines is 2. The molecule has 2 aromatic rings. The number of hydrogen-bond acceptors (Lipinski definition) is 9. The Bertz CT molecular complexity index is 854.